The van der Waals surface area contributed by atoms with Crippen molar-refractivity contribution in [2.24, 2.45) is 0 Å². The quantitative estimate of drug-likeness (QED) is 0.0342. The third-order valence-electron chi connectivity index (χ3n) is 20.7. The van der Waals surface area contributed by atoms with Crippen LogP contribution in [0.2, 0.25) is 0 Å². The fourth-order valence-electron chi connectivity index (χ4n) is 12.8. The number of aromatic nitrogens is 5. The van der Waals surface area contributed by atoms with Crippen molar-refractivity contribution in [3.05, 3.63) is 297 Å². The van der Waals surface area contributed by atoms with Crippen LogP contribution in [0.5, 0.6) is 28.7 Å². The highest BCUT2D eigenvalue weighted by Crippen LogP contribution is 2.22. The predicted molar refractivity (Wildman–Crippen MR) is 486 cm³/mol. The highest BCUT2D eigenvalue weighted by Gasteiger charge is 2.07. The second-order valence-corrected chi connectivity index (χ2v) is 30.3. The van der Waals surface area contributed by atoms with Crippen LogP contribution in [0.3, 0.4) is 0 Å². The Bertz CT molecular complexity index is 3940. The predicted octanol–water partition coefficient (Wildman–Crippen LogP) is 26.9. The van der Waals surface area contributed by atoms with Crippen molar-refractivity contribution in [1.29, 1.82) is 0 Å². The Morgan fingerprint density at radius 1 is 0.165 bits per heavy atom. The largest absolute Gasteiger partial charge is 0.494 e. The Labute approximate surface area is 697 Å². The molecule has 0 spiro atoms. The lowest BCUT2D eigenvalue weighted by Gasteiger charge is -2.08. The minimum absolute atomic E-state index is 0.811. The molecule has 10 heteroatoms. The van der Waals surface area contributed by atoms with Gasteiger partial charge in [0, 0.05) is 59.5 Å². The van der Waals surface area contributed by atoms with Gasteiger partial charge in [0.15, 0.2) is 0 Å². The van der Waals surface area contributed by atoms with Gasteiger partial charge in [0.1, 0.15) is 28.7 Å². The summed E-state index contributed by atoms with van der Waals surface area (Å²) in [5.41, 5.74) is 19.1. The molecule has 0 N–H and O–H groups in total. The van der Waals surface area contributed by atoms with E-state index in [9.17, 15) is 0 Å². The number of nitrogens with zero attached hydrogens (tertiary/aromatic N) is 5. The molecule has 5 heterocycles. The van der Waals surface area contributed by atoms with Gasteiger partial charge in [-0.05, 0) is 275 Å². The summed E-state index contributed by atoms with van der Waals surface area (Å²) >= 11 is 0. The van der Waals surface area contributed by atoms with E-state index in [-0.39, 0.29) is 0 Å². The molecular weight excluding hydrogens is 1410 g/mol. The lowest BCUT2D eigenvalue weighted by Crippen LogP contribution is -1.98. The number of ether oxygens (including phenoxy) is 5. The second-order valence-electron chi connectivity index (χ2n) is 30.3. The van der Waals surface area contributed by atoms with Gasteiger partial charge >= 0.3 is 0 Å². The summed E-state index contributed by atoms with van der Waals surface area (Å²) in [4.78, 5) is 22.3. The Kier molecular flexibility index (Phi) is 50.5. The van der Waals surface area contributed by atoms with E-state index in [1.165, 1.54) is 152 Å². The summed E-state index contributed by atoms with van der Waals surface area (Å²) in [5.74, 6) is 4.92. The number of hydrogen-bond acceptors (Lipinski definition) is 10. The maximum absolute atomic E-state index is 5.85. The Balaban J connectivity index is 0.000000224. The van der Waals surface area contributed by atoms with Gasteiger partial charge in [-0.1, -0.05) is 257 Å². The Hall–Kier alpha value is -9.15. The number of rotatable bonds is 50. The normalized spacial score (nSPS) is 10.7. The molecule has 0 radical (unpaired) electrons. The summed E-state index contributed by atoms with van der Waals surface area (Å²) < 4.78 is 28.9. The smallest absolute Gasteiger partial charge is 0.119 e. The topological polar surface area (TPSA) is 111 Å². The molecule has 0 saturated heterocycles. The molecule has 0 aliphatic carbocycles. The molecule has 10 rings (SSSR count). The van der Waals surface area contributed by atoms with Gasteiger partial charge in [0.2, 0.25) is 0 Å². The van der Waals surface area contributed by atoms with E-state index in [0.29, 0.717) is 0 Å². The third-order valence-corrected chi connectivity index (χ3v) is 20.7. The number of unbranched alkanes of at least 4 members (excludes halogenated alkanes) is 15. The first-order chi connectivity index (χ1) is 56.6. The van der Waals surface area contributed by atoms with Crippen LogP contribution >= 0.6 is 0 Å². The summed E-state index contributed by atoms with van der Waals surface area (Å²) in [6.45, 7) is 25.9. The van der Waals surface area contributed by atoms with Gasteiger partial charge in [0.05, 0.1) is 33.0 Å². The lowest BCUT2D eigenvalue weighted by atomic mass is 10.1. The molecular formula is C105H145N5O5. The van der Waals surface area contributed by atoms with Gasteiger partial charge in [-0.2, -0.15) is 0 Å². The second kappa shape index (κ2) is 61.3. The first-order valence-corrected chi connectivity index (χ1v) is 44.9. The van der Waals surface area contributed by atoms with E-state index in [4.69, 9.17) is 23.7 Å². The Morgan fingerprint density at radius 3 is 0.513 bits per heavy atom. The number of pyridine rings is 5. The van der Waals surface area contributed by atoms with Crippen LogP contribution in [0, 0.1) is 0 Å². The lowest BCUT2D eigenvalue weighted by molar-refractivity contribution is 0.304. The van der Waals surface area contributed by atoms with E-state index >= 15 is 0 Å². The highest BCUT2D eigenvalue weighted by atomic mass is 16.5. The molecule has 10 nitrogen and oxygen atoms in total. The van der Waals surface area contributed by atoms with Crippen LogP contribution in [0.25, 0.3) is 0 Å². The molecule has 0 unspecified atom stereocenters. The molecule has 0 amide bonds. The summed E-state index contributed by atoms with van der Waals surface area (Å²) in [6, 6.07) is 64.3. The first kappa shape index (κ1) is 94.7. The molecule has 0 atom stereocenters. The zero-order valence-corrected chi connectivity index (χ0v) is 72.8. The summed E-state index contributed by atoms with van der Waals surface area (Å²) in [5, 5.41) is 0. The third kappa shape index (κ3) is 42.9. The van der Waals surface area contributed by atoms with Crippen LogP contribution in [-0.2, 0) is 96.3 Å². The SMILES string of the molecule is CCCCCCCCOc1ccc(CCc2ccc(CC)nc2)cc1.CCCCCCCOc1ccc(CCc2ccc(CC)nc2)cc1.CCCCCCOc1ccc(CCc2ccc(CC)nc2)cc1.CCCCCOc1ccc(CCc2ccc(CC)nc2)cc1.CCCCOc1ccc(CCc2ccc(CC)nc2)cc1. The van der Waals surface area contributed by atoms with Crippen molar-refractivity contribution in [3.63, 3.8) is 0 Å². The zero-order valence-electron chi connectivity index (χ0n) is 72.8. The average Bonchev–Trinajstić information content (AvgIpc) is 0.905. The van der Waals surface area contributed by atoms with Gasteiger partial charge in [0.25, 0.3) is 0 Å². The Morgan fingerprint density at radius 2 is 0.322 bits per heavy atom. The molecule has 0 aliphatic rings. The van der Waals surface area contributed by atoms with Gasteiger partial charge < -0.3 is 23.7 Å². The van der Waals surface area contributed by atoms with Crippen LogP contribution in [-0.4, -0.2) is 58.0 Å². The number of benzene rings is 5. The molecule has 620 valence electrons. The minimum Gasteiger partial charge on any atom is -0.494 e. The van der Waals surface area contributed by atoms with Crippen LogP contribution in [0.4, 0.5) is 0 Å². The van der Waals surface area contributed by atoms with Crippen molar-refractivity contribution < 1.29 is 23.7 Å². The molecule has 5 aromatic carbocycles. The molecule has 0 fully saturated rings. The summed E-state index contributed by atoms with van der Waals surface area (Å²) in [7, 11) is 0. The maximum atomic E-state index is 5.85. The number of aryl methyl sites for hydroxylation is 15. The van der Waals surface area contributed by atoms with Crippen molar-refractivity contribution in [3.8, 4) is 28.7 Å². The molecule has 0 aliphatic heterocycles. The van der Waals surface area contributed by atoms with Crippen molar-refractivity contribution in [2.45, 2.75) is 294 Å². The standard InChI is InChI=1S/C23H33NO.C22H31NO.C21H29NO.C20H27NO.C19H25NO/c1-3-5-6-7-8-9-18-25-23-16-13-20(14-17-23)10-11-21-12-15-22(4-2)24-19-21;1-3-5-6-7-8-17-24-22-15-12-19(13-16-22)9-10-20-11-14-21(4-2)23-18-20;1-3-5-6-7-16-23-21-14-11-18(12-15-21)8-9-19-10-13-20(4-2)22-17-19;1-3-5-6-15-22-20-13-10-17(11-14-20)7-8-18-9-12-19(4-2)21-16-18;1-3-5-14-21-19-12-9-16(10-13-19)6-7-17-8-11-18(4-2)20-15-17/h12-17,19H,3-11,18H2,1-2H3;11-16,18H,3-10,17H2,1-2H3;10-15,17H,3-9,16H2,1-2H3;9-14,16H,3-8,15H2,1-2H3;8-13,15H,3-7,14H2,1-2H3. The van der Waals surface area contributed by atoms with E-state index in [2.05, 4.69) is 276 Å². The average molecular weight is 1560 g/mol. The highest BCUT2D eigenvalue weighted by molar-refractivity contribution is 5.33. The monoisotopic (exact) mass is 1560 g/mol. The minimum atomic E-state index is 0.811. The first-order valence-electron chi connectivity index (χ1n) is 44.9. The van der Waals surface area contributed by atoms with Crippen molar-refractivity contribution in [1.82, 2.24) is 24.9 Å². The maximum Gasteiger partial charge on any atom is 0.119 e. The van der Waals surface area contributed by atoms with E-state index in [0.717, 1.165) is 219 Å². The van der Waals surface area contributed by atoms with E-state index in [1.807, 2.05) is 31.0 Å². The van der Waals surface area contributed by atoms with Crippen LogP contribution in [0.15, 0.2) is 213 Å². The van der Waals surface area contributed by atoms with Crippen LogP contribution < -0.4 is 23.7 Å². The molecule has 115 heavy (non-hydrogen) atoms. The van der Waals surface area contributed by atoms with Gasteiger partial charge in [-0.25, -0.2) is 0 Å². The fraction of sp³-hybridized carbons (Fsp3) is 0.476. The van der Waals surface area contributed by atoms with Crippen LogP contribution in [0.1, 0.15) is 282 Å². The molecule has 0 saturated carbocycles. The zero-order chi connectivity index (χ0) is 81.7. The molecule has 5 aromatic heterocycles. The summed E-state index contributed by atoms with van der Waals surface area (Å²) in [6.07, 6.45) is 50.5. The van der Waals surface area contributed by atoms with E-state index < -0.39 is 0 Å². The van der Waals surface area contributed by atoms with Crippen molar-refractivity contribution in [2.75, 3.05) is 33.0 Å². The molecule has 0 bridgehead atoms. The molecule has 10 aromatic rings. The fourth-order valence-corrected chi connectivity index (χ4v) is 12.8. The number of hydrogen-bond donors (Lipinski definition) is 0. The van der Waals surface area contributed by atoms with Gasteiger partial charge in [-0.15, -0.1) is 0 Å². The van der Waals surface area contributed by atoms with Gasteiger partial charge in [-0.3, -0.25) is 24.9 Å². The van der Waals surface area contributed by atoms with E-state index in [1.54, 1.807) is 0 Å². The van der Waals surface area contributed by atoms with Crippen molar-refractivity contribution >= 4 is 0 Å².